The summed E-state index contributed by atoms with van der Waals surface area (Å²) >= 11 is 0. The van der Waals surface area contributed by atoms with Crippen molar-refractivity contribution in [3.05, 3.63) is 103 Å². The van der Waals surface area contributed by atoms with Crippen LogP contribution in [0.2, 0.25) is 0 Å². The molecule has 0 unspecified atom stereocenters. The summed E-state index contributed by atoms with van der Waals surface area (Å²) in [6, 6.07) is 5.28. The topological polar surface area (TPSA) is 65.1 Å². The van der Waals surface area contributed by atoms with Gasteiger partial charge in [0.05, 0.1) is 0 Å². The second-order valence-corrected chi connectivity index (χ2v) is 8.60. The van der Waals surface area contributed by atoms with E-state index in [2.05, 4.69) is 90.1 Å². The van der Waals surface area contributed by atoms with E-state index in [-0.39, 0.29) is 11.7 Å². The van der Waals surface area contributed by atoms with Gasteiger partial charge in [-0.2, -0.15) is 0 Å². The minimum Gasteiger partial charge on any atom is -0.508 e. The number of fused-ring (bicyclic) bond motifs is 1. The zero-order valence-electron chi connectivity index (χ0n) is 21.7. The Balaban J connectivity index is 1.46. The Bertz CT molecular complexity index is 1070. The largest absolute Gasteiger partial charge is 0.508 e. The van der Waals surface area contributed by atoms with Gasteiger partial charge in [0.15, 0.2) is 0 Å². The third kappa shape index (κ3) is 12.8. The van der Waals surface area contributed by atoms with Crippen molar-refractivity contribution in [2.75, 3.05) is 6.54 Å². The highest BCUT2D eigenvalue weighted by molar-refractivity contribution is 5.84. The molecule has 0 radical (unpaired) electrons. The van der Waals surface area contributed by atoms with Crippen LogP contribution in [0.4, 0.5) is 0 Å². The molecule has 0 spiro atoms. The number of carbonyl (C=O) groups excluding carboxylic acids is 1. The fraction of sp³-hybridized carbons (Fsp3) is 0.344. The minimum atomic E-state index is 0.0669. The molecule has 2 aromatic rings. The van der Waals surface area contributed by atoms with E-state index in [4.69, 9.17) is 0 Å². The monoisotopic (exact) mass is 486 g/mol. The van der Waals surface area contributed by atoms with E-state index in [0.29, 0.717) is 13.0 Å². The number of hydrogen-bond acceptors (Lipinski definition) is 2. The van der Waals surface area contributed by atoms with Gasteiger partial charge >= 0.3 is 0 Å². The lowest BCUT2D eigenvalue weighted by Crippen LogP contribution is -2.25. The van der Waals surface area contributed by atoms with Gasteiger partial charge in [-0.15, -0.1) is 0 Å². The van der Waals surface area contributed by atoms with E-state index < -0.39 is 0 Å². The summed E-state index contributed by atoms with van der Waals surface area (Å²) in [4.78, 5) is 15.2. The van der Waals surface area contributed by atoms with E-state index in [9.17, 15) is 9.90 Å². The van der Waals surface area contributed by atoms with Gasteiger partial charge in [0, 0.05) is 30.1 Å². The maximum Gasteiger partial charge on any atom is 0.220 e. The van der Waals surface area contributed by atoms with Gasteiger partial charge in [0.1, 0.15) is 5.75 Å². The van der Waals surface area contributed by atoms with Crippen LogP contribution < -0.4 is 5.32 Å². The Labute approximate surface area is 216 Å². The van der Waals surface area contributed by atoms with Crippen LogP contribution in [0.25, 0.3) is 10.9 Å². The molecule has 36 heavy (non-hydrogen) atoms. The van der Waals surface area contributed by atoms with Gasteiger partial charge < -0.3 is 15.4 Å². The number of hydrogen-bond donors (Lipinski definition) is 3. The summed E-state index contributed by atoms with van der Waals surface area (Å²) in [7, 11) is 0. The van der Waals surface area contributed by atoms with Crippen molar-refractivity contribution in [1.82, 2.24) is 10.3 Å². The molecule has 4 heteroatoms. The molecule has 0 atom stereocenters. The molecule has 1 amide bonds. The van der Waals surface area contributed by atoms with Gasteiger partial charge in [-0.3, -0.25) is 4.79 Å². The van der Waals surface area contributed by atoms with Gasteiger partial charge in [0.2, 0.25) is 5.91 Å². The van der Waals surface area contributed by atoms with E-state index in [1.165, 1.54) is 0 Å². The fourth-order valence-electron chi connectivity index (χ4n) is 3.65. The van der Waals surface area contributed by atoms with Crippen molar-refractivity contribution < 1.29 is 9.90 Å². The van der Waals surface area contributed by atoms with Crippen LogP contribution in [0.3, 0.4) is 0 Å². The number of aromatic hydroxyl groups is 1. The van der Waals surface area contributed by atoms with Crippen molar-refractivity contribution in [2.24, 2.45) is 0 Å². The molecule has 0 bridgehead atoms. The van der Waals surface area contributed by atoms with Gasteiger partial charge in [-0.25, -0.2) is 0 Å². The standard InChI is InChI=1S/C32H42N2O2/c1-2-3-4-5-6-7-8-9-10-11-12-13-14-15-16-17-18-19-20-21-32(36)33-25-24-28-27-34-31-23-22-29(35)26-30(28)31/h3-4,6-7,9-10,12-13,15-16,18-19,22-23,26-27,34-35H,2,5,8,11,14,17,20-21,24-25H2,1H3,(H,33,36)/b4-3-,7-6-,10-9-,13-12-,16-15-,19-18-. The second-order valence-electron chi connectivity index (χ2n) is 8.60. The number of allylic oxidation sites excluding steroid dienone is 12. The van der Waals surface area contributed by atoms with Crippen LogP contribution >= 0.6 is 0 Å². The summed E-state index contributed by atoms with van der Waals surface area (Å²) in [5.41, 5.74) is 2.09. The number of aromatic amines is 1. The lowest BCUT2D eigenvalue weighted by molar-refractivity contribution is -0.120. The number of phenolic OH excluding ortho intramolecular Hbond substituents is 1. The summed E-state index contributed by atoms with van der Waals surface area (Å²) in [6.07, 6.45) is 36.0. The van der Waals surface area contributed by atoms with Crippen LogP contribution in [0.5, 0.6) is 5.75 Å². The smallest absolute Gasteiger partial charge is 0.220 e. The van der Waals surface area contributed by atoms with E-state index in [0.717, 1.165) is 67.8 Å². The SMILES string of the molecule is CC/C=C\C/C=C\C/C=C\C/C=C\C/C=C\C/C=C\CCC(=O)NCCc1c[nH]c2ccc(O)cc12. The number of benzene rings is 1. The Morgan fingerprint density at radius 3 is 1.97 bits per heavy atom. The molecule has 4 nitrogen and oxygen atoms in total. The lowest BCUT2D eigenvalue weighted by atomic mass is 10.1. The Morgan fingerprint density at radius 2 is 1.39 bits per heavy atom. The molecule has 2 rings (SSSR count). The number of carbonyl (C=O) groups is 1. The van der Waals surface area contributed by atoms with E-state index >= 15 is 0 Å². The maximum atomic E-state index is 12.0. The highest BCUT2D eigenvalue weighted by Gasteiger charge is 2.05. The molecule has 0 aliphatic heterocycles. The van der Waals surface area contributed by atoms with Gasteiger partial charge in [-0.1, -0.05) is 79.8 Å². The molecule has 0 saturated carbocycles. The van der Waals surface area contributed by atoms with Crippen LogP contribution in [0, 0.1) is 0 Å². The Hall–Kier alpha value is -3.53. The molecule has 192 valence electrons. The lowest BCUT2D eigenvalue weighted by Gasteiger charge is -2.04. The fourth-order valence-corrected chi connectivity index (χ4v) is 3.65. The molecule has 1 aromatic heterocycles. The summed E-state index contributed by atoms with van der Waals surface area (Å²) in [6.45, 7) is 2.74. The number of phenols is 1. The highest BCUT2D eigenvalue weighted by atomic mass is 16.3. The Kier molecular flexibility index (Phi) is 15.0. The molecule has 0 aliphatic rings. The van der Waals surface area contributed by atoms with Crippen molar-refractivity contribution in [1.29, 1.82) is 0 Å². The molecular formula is C32H42N2O2. The van der Waals surface area contributed by atoms with Crippen molar-refractivity contribution >= 4 is 16.8 Å². The van der Waals surface area contributed by atoms with E-state index in [1.54, 1.807) is 12.1 Å². The minimum absolute atomic E-state index is 0.0669. The van der Waals surface area contributed by atoms with Crippen molar-refractivity contribution in [3.8, 4) is 5.75 Å². The summed E-state index contributed by atoms with van der Waals surface area (Å²) in [5, 5.41) is 13.6. The first-order chi connectivity index (χ1) is 17.7. The number of H-pyrrole nitrogens is 1. The first-order valence-corrected chi connectivity index (χ1v) is 13.2. The average molecular weight is 487 g/mol. The quantitative estimate of drug-likeness (QED) is 0.198. The van der Waals surface area contributed by atoms with Crippen LogP contribution in [0.15, 0.2) is 97.3 Å². The molecule has 1 heterocycles. The third-order valence-electron chi connectivity index (χ3n) is 5.60. The summed E-state index contributed by atoms with van der Waals surface area (Å²) in [5.74, 6) is 0.320. The number of amides is 1. The maximum absolute atomic E-state index is 12.0. The second kappa shape index (κ2) is 18.8. The van der Waals surface area contributed by atoms with Crippen molar-refractivity contribution in [2.45, 2.75) is 64.7 Å². The van der Waals surface area contributed by atoms with Crippen LogP contribution in [-0.2, 0) is 11.2 Å². The predicted molar refractivity (Wildman–Crippen MR) is 154 cm³/mol. The normalized spacial score (nSPS) is 12.7. The highest BCUT2D eigenvalue weighted by Crippen LogP contribution is 2.23. The molecule has 0 saturated heterocycles. The zero-order chi connectivity index (χ0) is 25.7. The first kappa shape index (κ1) is 28.7. The van der Waals surface area contributed by atoms with E-state index in [1.807, 2.05) is 12.3 Å². The average Bonchev–Trinajstić information content (AvgIpc) is 3.27. The number of nitrogens with one attached hydrogen (secondary N) is 2. The summed E-state index contributed by atoms with van der Waals surface area (Å²) < 4.78 is 0. The molecule has 1 aromatic carbocycles. The first-order valence-electron chi connectivity index (χ1n) is 13.2. The van der Waals surface area contributed by atoms with Crippen molar-refractivity contribution in [3.63, 3.8) is 0 Å². The molecule has 0 aliphatic carbocycles. The molecule has 3 N–H and O–H groups in total. The molecular weight excluding hydrogens is 444 g/mol. The molecule has 0 fully saturated rings. The van der Waals surface area contributed by atoms with Gasteiger partial charge in [0.25, 0.3) is 0 Å². The third-order valence-corrected chi connectivity index (χ3v) is 5.60. The number of aromatic nitrogens is 1. The zero-order valence-corrected chi connectivity index (χ0v) is 21.7. The van der Waals surface area contributed by atoms with Gasteiger partial charge in [-0.05, 0) is 75.1 Å². The Morgan fingerprint density at radius 1 is 0.833 bits per heavy atom. The van der Waals surface area contributed by atoms with Crippen LogP contribution in [0.1, 0.15) is 63.9 Å². The van der Waals surface area contributed by atoms with Crippen LogP contribution in [-0.4, -0.2) is 22.5 Å². The number of rotatable bonds is 17. The predicted octanol–water partition coefficient (Wildman–Crippen LogP) is 8.01.